The number of fused-ring (bicyclic) bond motifs is 5. The van der Waals surface area contributed by atoms with Crippen molar-refractivity contribution in [2.24, 2.45) is 28.6 Å². The van der Waals surface area contributed by atoms with Gasteiger partial charge in [0.2, 0.25) is 0 Å². The highest BCUT2D eigenvalue weighted by Crippen LogP contribution is 2.66. The van der Waals surface area contributed by atoms with Crippen LogP contribution in [-0.4, -0.2) is 23.1 Å². The van der Waals surface area contributed by atoms with Gasteiger partial charge in [0, 0.05) is 16.4 Å². The first-order valence-electron chi connectivity index (χ1n) is 9.67. The zero-order valence-electron chi connectivity index (χ0n) is 14.8. The quantitative estimate of drug-likeness (QED) is 0.334. The van der Waals surface area contributed by atoms with E-state index in [-0.39, 0.29) is 11.4 Å². The van der Waals surface area contributed by atoms with E-state index < -0.39 is 0 Å². The number of allylic oxidation sites excluding steroid dienone is 1. The van der Waals surface area contributed by atoms with Crippen LogP contribution in [-0.2, 0) is 9.53 Å². The van der Waals surface area contributed by atoms with Crippen molar-refractivity contribution in [1.82, 2.24) is 0 Å². The molecule has 2 nitrogen and oxygen atoms in total. The van der Waals surface area contributed by atoms with E-state index in [1.54, 1.807) is 5.57 Å². The minimum Gasteiger partial charge on any atom is -0.465 e. The molecule has 2 saturated heterocycles. The molecule has 24 heavy (non-hydrogen) atoms. The van der Waals surface area contributed by atoms with Gasteiger partial charge in [-0.05, 0) is 69.1 Å². The Morgan fingerprint density at radius 1 is 1.08 bits per heavy atom. The second kappa shape index (κ2) is 5.22. The molecule has 132 valence electrons. The first-order valence-corrected chi connectivity index (χ1v) is 12.0. The minimum atomic E-state index is -0.188. The summed E-state index contributed by atoms with van der Waals surface area (Å²) < 4.78 is 5.98. The van der Waals surface area contributed by atoms with E-state index in [1.807, 2.05) is 0 Å². The van der Waals surface area contributed by atoms with Crippen LogP contribution >= 0.6 is 21.6 Å². The lowest BCUT2D eigenvalue weighted by molar-refractivity contribution is -0.148. The predicted octanol–water partition coefficient (Wildman–Crippen LogP) is 5.24. The van der Waals surface area contributed by atoms with Crippen LogP contribution in [0.5, 0.6) is 0 Å². The molecule has 0 amide bonds. The smallest absolute Gasteiger partial charge is 0.312 e. The maximum absolute atomic E-state index is 12.3. The van der Waals surface area contributed by atoms with Gasteiger partial charge in [-0.2, -0.15) is 0 Å². The summed E-state index contributed by atoms with van der Waals surface area (Å²) in [5.74, 6) is 3.32. The molecule has 2 aliphatic heterocycles. The molecular weight excluding hydrogens is 336 g/mol. The molecule has 2 saturated carbocycles. The van der Waals surface area contributed by atoms with Crippen molar-refractivity contribution in [3.8, 4) is 0 Å². The summed E-state index contributed by atoms with van der Waals surface area (Å²) in [4.78, 5) is 12.3. The molecule has 0 radical (unpaired) electrons. The Balaban J connectivity index is 1.48. The highest BCUT2D eigenvalue weighted by molar-refractivity contribution is 8.77. The topological polar surface area (TPSA) is 26.3 Å². The first kappa shape index (κ1) is 16.1. The van der Waals surface area contributed by atoms with Gasteiger partial charge in [-0.25, -0.2) is 0 Å². The molecule has 0 bridgehead atoms. The van der Waals surface area contributed by atoms with Crippen LogP contribution in [0.15, 0.2) is 11.6 Å². The van der Waals surface area contributed by atoms with Crippen molar-refractivity contribution in [1.29, 1.82) is 0 Å². The number of carbonyl (C=O) groups is 1. The fraction of sp³-hybridized carbons (Fsp3) is 0.850. The summed E-state index contributed by atoms with van der Waals surface area (Å²) in [6, 6.07) is 0. The zero-order chi connectivity index (χ0) is 16.6. The molecule has 5 rings (SSSR count). The molecule has 3 aliphatic carbocycles. The lowest BCUT2D eigenvalue weighted by atomic mass is 9.47. The highest BCUT2D eigenvalue weighted by Gasteiger charge is 2.61. The van der Waals surface area contributed by atoms with E-state index >= 15 is 0 Å². The molecule has 4 fully saturated rings. The fourth-order valence-electron chi connectivity index (χ4n) is 6.66. The van der Waals surface area contributed by atoms with Crippen molar-refractivity contribution in [3.05, 3.63) is 11.6 Å². The number of esters is 1. The van der Waals surface area contributed by atoms with Crippen molar-refractivity contribution in [3.63, 3.8) is 0 Å². The Morgan fingerprint density at radius 2 is 1.96 bits per heavy atom. The third-order valence-corrected chi connectivity index (χ3v) is 11.5. The molecule has 1 spiro atoms. The lowest BCUT2D eigenvalue weighted by Gasteiger charge is -2.57. The zero-order valence-corrected chi connectivity index (χ0v) is 16.4. The Kier molecular flexibility index (Phi) is 3.50. The van der Waals surface area contributed by atoms with E-state index in [4.69, 9.17) is 4.74 Å². The molecule has 5 aliphatic rings. The maximum atomic E-state index is 12.3. The van der Waals surface area contributed by atoms with Crippen molar-refractivity contribution < 1.29 is 9.53 Å². The van der Waals surface area contributed by atoms with Crippen molar-refractivity contribution in [2.75, 3.05) is 12.4 Å². The summed E-state index contributed by atoms with van der Waals surface area (Å²) in [7, 11) is 4.21. The minimum absolute atomic E-state index is 0.0828. The predicted molar refractivity (Wildman–Crippen MR) is 101 cm³/mol. The van der Waals surface area contributed by atoms with Gasteiger partial charge in [0.15, 0.2) is 0 Å². The van der Waals surface area contributed by atoms with Crippen LogP contribution < -0.4 is 0 Å². The lowest BCUT2D eigenvalue weighted by Crippen LogP contribution is -2.51. The summed E-state index contributed by atoms with van der Waals surface area (Å²) in [6.45, 7) is 5.41. The summed E-state index contributed by atoms with van der Waals surface area (Å²) in [5.41, 5.74) is 1.96. The first-order chi connectivity index (χ1) is 11.5. The Bertz CT molecular complexity index is 609. The number of cyclic esters (lactones) is 1. The van der Waals surface area contributed by atoms with Crippen LogP contribution in [0.2, 0.25) is 0 Å². The van der Waals surface area contributed by atoms with E-state index in [9.17, 15) is 4.79 Å². The fourth-order valence-corrected chi connectivity index (χ4v) is 9.96. The van der Waals surface area contributed by atoms with Crippen LogP contribution in [0.1, 0.15) is 58.8 Å². The van der Waals surface area contributed by atoms with Crippen LogP contribution in [0, 0.1) is 28.6 Å². The molecule has 4 heteroatoms. The number of carbonyl (C=O) groups excluding carboxylic acids is 1. The Labute approximate surface area is 153 Å². The van der Waals surface area contributed by atoms with Gasteiger partial charge >= 0.3 is 5.97 Å². The molecule has 0 N–H and O–H groups in total. The van der Waals surface area contributed by atoms with Crippen molar-refractivity contribution >= 4 is 27.6 Å². The van der Waals surface area contributed by atoms with Gasteiger partial charge in [0.25, 0.3) is 0 Å². The van der Waals surface area contributed by atoms with Crippen LogP contribution in [0.3, 0.4) is 0 Å². The average Bonchev–Trinajstić information content (AvgIpc) is 3.14. The summed E-state index contributed by atoms with van der Waals surface area (Å²) >= 11 is 0. The van der Waals surface area contributed by atoms with Gasteiger partial charge in [-0.3, -0.25) is 4.79 Å². The Morgan fingerprint density at radius 3 is 2.75 bits per heavy atom. The van der Waals surface area contributed by atoms with Gasteiger partial charge in [0.05, 0.1) is 12.0 Å². The number of rotatable bonds is 0. The van der Waals surface area contributed by atoms with Gasteiger partial charge in [-0.15, -0.1) is 0 Å². The second-order valence-electron chi connectivity index (χ2n) is 9.28. The molecule has 0 aromatic carbocycles. The monoisotopic (exact) mass is 364 g/mol. The van der Waals surface area contributed by atoms with Gasteiger partial charge in [-0.1, -0.05) is 40.2 Å². The van der Waals surface area contributed by atoms with Gasteiger partial charge in [0.1, 0.15) is 0 Å². The van der Waals surface area contributed by atoms with Gasteiger partial charge < -0.3 is 4.74 Å². The third-order valence-electron chi connectivity index (χ3n) is 8.32. The molecule has 0 aromatic heterocycles. The number of hydrogen-bond acceptors (Lipinski definition) is 4. The van der Waals surface area contributed by atoms with Crippen molar-refractivity contribution in [2.45, 2.75) is 63.5 Å². The van der Waals surface area contributed by atoms with Crippen LogP contribution in [0.4, 0.5) is 0 Å². The standard InChI is InChI=1S/C20H28O2S2/c1-18-7-8-20(9-10-23-24-20)11-13(18)3-4-14-15(18)5-6-19(2)16(14)12-22-17(19)21/h11,14-16H,3-10,12H2,1-2H3/t14-,15+,16+,18+,19+,20?/m1/s1. The summed E-state index contributed by atoms with van der Waals surface area (Å²) in [5, 5.41) is 0. The molecule has 6 atom stereocenters. The maximum Gasteiger partial charge on any atom is 0.312 e. The SMILES string of the molecule is C[C@]12CCC3(C=C1CC[C@@H]1[C@@H]2CC[C@]2(C)C(=O)OC[C@@H]12)CCSS3. The molecule has 0 aromatic rings. The van der Waals surface area contributed by atoms with Crippen LogP contribution in [0.25, 0.3) is 0 Å². The Hall–Kier alpha value is -0.0900. The normalized spacial score (nSPS) is 53.2. The highest BCUT2D eigenvalue weighted by atomic mass is 33.1. The average molecular weight is 365 g/mol. The molecular formula is C20H28O2S2. The van der Waals surface area contributed by atoms with E-state index in [0.717, 1.165) is 12.3 Å². The second-order valence-corrected chi connectivity index (χ2v) is 12.1. The largest absolute Gasteiger partial charge is 0.465 e. The molecule has 1 unspecified atom stereocenters. The number of ether oxygens (including phenoxy) is 1. The number of hydrogen-bond donors (Lipinski definition) is 0. The van der Waals surface area contributed by atoms with E-state index in [2.05, 4.69) is 41.5 Å². The summed E-state index contributed by atoms with van der Waals surface area (Å²) in [6.07, 6.45) is 11.6. The third kappa shape index (κ3) is 2.02. The van der Waals surface area contributed by atoms with E-state index in [0.29, 0.717) is 28.6 Å². The van der Waals surface area contributed by atoms with E-state index in [1.165, 1.54) is 44.3 Å². The molecule has 2 heterocycles.